The number of rotatable bonds is 3. The third-order valence-electron chi connectivity index (χ3n) is 3.76. The van der Waals surface area contributed by atoms with Gasteiger partial charge in [0.2, 0.25) is 5.91 Å². The minimum absolute atomic E-state index is 0.109. The van der Waals surface area contributed by atoms with Crippen LogP contribution in [0.1, 0.15) is 29.6 Å². The molecule has 5 heteroatoms. The maximum absolute atomic E-state index is 12.8. The van der Waals surface area contributed by atoms with Crippen LogP contribution in [0.25, 0.3) is 0 Å². The van der Waals surface area contributed by atoms with Crippen LogP contribution < -0.4 is 9.64 Å². The topological polar surface area (TPSA) is 46.6 Å². The molecular formula is C18H16FNO3. The Bertz CT molecular complexity index is 710. The lowest BCUT2D eigenvalue weighted by atomic mass is 10.1. The van der Waals surface area contributed by atoms with E-state index in [9.17, 15) is 14.0 Å². The van der Waals surface area contributed by atoms with Crippen molar-refractivity contribution in [2.75, 3.05) is 11.4 Å². The van der Waals surface area contributed by atoms with Crippen LogP contribution in [0.15, 0.2) is 48.5 Å². The molecule has 1 amide bonds. The predicted molar refractivity (Wildman–Crippen MR) is 84.0 cm³/mol. The monoisotopic (exact) mass is 313 g/mol. The van der Waals surface area contributed by atoms with E-state index in [2.05, 4.69) is 0 Å². The van der Waals surface area contributed by atoms with Gasteiger partial charge in [-0.1, -0.05) is 0 Å². The van der Waals surface area contributed by atoms with Gasteiger partial charge in [0.15, 0.2) is 0 Å². The number of amides is 1. The standard InChI is InChI=1S/C18H16FNO3/c19-14-6-10-16(11-7-14)23-18(22)13-4-8-15(9-5-13)20-12-2-1-3-17(20)21/h4-11H,1-3,12H2. The van der Waals surface area contributed by atoms with Crippen molar-refractivity contribution < 1.29 is 18.7 Å². The molecule has 2 aromatic rings. The zero-order valence-corrected chi connectivity index (χ0v) is 12.5. The normalized spacial score (nSPS) is 14.7. The van der Waals surface area contributed by atoms with Crippen LogP contribution >= 0.6 is 0 Å². The second kappa shape index (κ2) is 6.60. The van der Waals surface area contributed by atoms with Crippen molar-refractivity contribution >= 4 is 17.6 Å². The highest BCUT2D eigenvalue weighted by Crippen LogP contribution is 2.22. The number of carbonyl (C=O) groups is 2. The zero-order valence-electron chi connectivity index (χ0n) is 12.5. The number of carbonyl (C=O) groups excluding carboxylic acids is 2. The average molecular weight is 313 g/mol. The van der Waals surface area contributed by atoms with Crippen molar-refractivity contribution in [2.45, 2.75) is 19.3 Å². The molecule has 1 heterocycles. The first-order valence-electron chi connectivity index (χ1n) is 7.52. The second-order valence-corrected chi connectivity index (χ2v) is 5.39. The summed E-state index contributed by atoms with van der Waals surface area (Å²) < 4.78 is 18.0. The van der Waals surface area contributed by atoms with E-state index in [-0.39, 0.29) is 17.5 Å². The summed E-state index contributed by atoms with van der Waals surface area (Å²) in [6.45, 7) is 0.707. The summed E-state index contributed by atoms with van der Waals surface area (Å²) in [7, 11) is 0. The summed E-state index contributed by atoms with van der Waals surface area (Å²) in [5.41, 5.74) is 1.16. The fourth-order valence-corrected chi connectivity index (χ4v) is 2.52. The highest BCUT2D eigenvalue weighted by Gasteiger charge is 2.19. The molecule has 3 rings (SSSR count). The van der Waals surface area contributed by atoms with E-state index in [1.165, 1.54) is 24.3 Å². The Kier molecular flexibility index (Phi) is 4.37. The van der Waals surface area contributed by atoms with Crippen LogP contribution in [-0.4, -0.2) is 18.4 Å². The van der Waals surface area contributed by atoms with Gasteiger partial charge in [0.05, 0.1) is 5.56 Å². The highest BCUT2D eigenvalue weighted by molar-refractivity contribution is 5.95. The van der Waals surface area contributed by atoms with Gasteiger partial charge < -0.3 is 9.64 Å². The molecule has 118 valence electrons. The smallest absolute Gasteiger partial charge is 0.343 e. The quantitative estimate of drug-likeness (QED) is 0.643. The number of ether oxygens (including phenoxy) is 1. The Morgan fingerprint density at radius 2 is 1.70 bits per heavy atom. The van der Waals surface area contributed by atoms with E-state index in [1.807, 2.05) is 0 Å². The Hall–Kier alpha value is -2.69. The van der Waals surface area contributed by atoms with Crippen molar-refractivity contribution in [3.63, 3.8) is 0 Å². The number of hydrogen-bond acceptors (Lipinski definition) is 3. The molecule has 2 aromatic carbocycles. The van der Waals surface area contributed by atoms with E-state index in [4.69, 9.17) is 4.74 Å². The minimum Gasteiger partial charge on any atom is -0.423 e. The molecule has 0 saturated carbocycles. The van der Waals surface area contributed by atoms with Crippen molar-refractivity contribution in [1.29, 1.82) is 0 Å². The van der Waals surface area contributed by atoms with Gasteiger partial charge in [-0.15, -0.1) is 0 Å². The van der Waals surface area contributed by atoms with Crippen molar-refractivity contribution in [3.05, 3.63) is 59.9 Å². The molecule has 0 radical (unpaired) electrons. The zero-order chi connectivity index (χ0) is 16.2. The van der Waals surface area contributed by atoms with Crippen molar-refractivity contribution in [1.82, 2.24) is 0 Å². The van der Waals surface area contributed by atoms with E-state index in [1.54, 1.807) is 29.2 Å². The maximum Gasteiger partial charge on any atom is 0.343 e. The van der Waals surface area contributed by atoms with Crippen LogP contribution in [-0.2, 0) is 4.79 Å². The molecule has 1 fully saturated rings. The molecule has 0 unspecified atom stereocenters. The molecule has 23 heavy (non-hydrogen) atoms. The largest absolute Gasteiger partial charge is 0.423 e. The average Bonchev–Trinajstić information content (AvgIpc) is 2.57. The minimum atomic E-state index is -0.520. The van der Waals surface area contributed by atoms with E-state index >= 15 is 0 Å². The third-order valence-corrected chi connectivity index (χ3v) is 3.76. The van der Waals surface area contributed by atoms with Gasteiger partial charge in [-0.2, -0.15) is 0 Å². The van der Waals surface area contributed by atoms with Gasteiger partial charge in [-0.3, -0.25) is 4.79 Å². The number of piperidine rings is 1. The van der Waals surface area contributed by atoms with Crippen molar-refractivity contribution in [2.24, 2.45) is 0 Å². The van der Waals surface area contributed by atoms with E-state index in [0.29, 0.717) is 18.5 Å². The Balaban J connectivity index is 1.70. The van der Waals surface area contributed by atoms with E-state index in [0.717, 1.165) is 18.5 Å². The number of esters is 1. The van der Waals surface area contributed by atoms with Crippen molar-refractivity contribution in [3.8, 4) is 5.75 Å². The van der Waals surface area contributed by atoms with Gasteiger partial charge in [0, 0.05) is 18.7 Å². The lowest BCUT2D eigenvalue weighted by Gasteiger charge is -2.26. The first-order valence-corrected chi connectivity index (χ1v) is 7.52. The lowest BCUT2D eigenvalue weighted by molar-refractivity contribution is -0.119. The summed E-state index contributed by atoms with van der Waals surface area (Å²) in [5.74, 6) is -0.516. The summed E-state index contributed by atoms with van der Waals surface area (Å²) in [4.78, 5) is 25.7. The summed E-state index contributed by atoms with van der Waals surface area (Å²) >= 11 is 0. The van der Waals surface area contributed by atoms with Gasteiger partial charge in [0.25, 0.3) is 0 Å². The number of anilines is 1. The maximum atomic E-state index is 12.8. The summed E-state index contributed by atoms with van der Waals surface area (Å²) in [6.07, 6.45) is 2.48. The number of hydrogen-bond donors (Lipinski definition) is 0. The van der Waals surface area contributed by atoms with Crippen LogP contribution in [0.5, 0.6) is 5.75 Å². The molecule has 0 bridgehead atoms. The Morgan fingerprint density at radius 3 is 2.35 bits per heavy atom. The lowest BCUT2D eigenvalue weighted by Crippen LogP contribution is -2.35. The first kappa shape index (κ1) is 15.2. The fraction of sp³-hybridized carbons (Fsp3) is 0.222. The second-order valence-electron chi connectivity index (χ2n) is 5.39. The molecule has 4 nitrogen and oxygen atoms in total. The van der Waals surface area contributed by atoms with Crippen LogP contribution in [0.4, 0.5) is 10.1 Å². The van der Waals surface area contributed by atoms with Crippen LogP contribution in [0.3, 0.4) is 0 Å². The van der Waals surface area contributed by atoms with Crippen LogP contribution in [0, 0.1) is 5.82 Å². The van der Waals surface area contributed by atoms with Gasteiger partial charge >= 0.3 is 5.97 Å². The number of nitrogens with zero attached hydrogens (tertiary/aromatic N) is 1. The SMILES string of the molecule is O=C(Oc1ccc(F)cc1)c1ccc(N2CCCCC2=O)cc1. The molecule has 1 saturated heterocycles. The van der Waals surface area contributed by atoms with Gasteiger partial charge in [-0.25, -0.2) is 9.18 Å². The number of halogens is 1. The predicted octanol–water partition coefficient (Wildman–Crippen LogP) is 3.56. The molecule has 0 N–H and O–H groups in total. The molecule has 1 aliphatic rings. The highest BCUT2D eigenvalue weighted by atomic mass is 19.1. The summed E-state index contributed by atoms with van der Waals surface area (Å²) in [6, 6.07) is 12.0. The molecule has 0 spiro atoms. The molecule has 0 aromatic heterocycles. The van der Waals surface area contributed by atoms with Gasteiger partial charge in [0.1, 0.15) is 11.6 Å². The van der Waals surface area contributed by atoms with Gasteiger partial charge in [-0.05, 0) is 61.4 Å². The molecule has 0 atom stereocenters. The fourth-order valence-electron chi connectivity index (χ4n) is 2.52. The molecule has 0 aliphatic carbocycles. The number of benzene rings is 2. The Morgan fingerprint density at radius 1 is 1.00 bits per heavy atom. The molecular weight excluding hydrogens is 297 g/mol. The summed E-state index contributed by atoms with van der Waals surface area (Å²) in [5, 5.41) is 0. The molecule has 1 aliphatic heterocycles. The Labute approximate surface area is 133 Å². The third kappa shape index (κ3) is 3.56. The van der Waals surface area contributed by atoms with E-state index < -0.39 is 5.97 Å². The first-order chi connectivity index (χ1) is 11.1. The van der Waals surface area contributed by atoms with Crippen LogP contribution in [0.2, 0.25) is 0 Å².